The second kappa shape index (κ2) is 5.05. The van der Waals surface area contributed by atoms with E-state index in [2.05, 4.69) is 20.8 Å². The third kappa shape index (κ3) is 2.61. The molecule has 1 aromatic rings. The van der Waals surface area contributed by atoms with E-state index < -0.39 is 0 Å². The molecule has 1 nitrogen and oxygen atoms in total. The number of rotatable bonds is 2. The third-order valence-corrected chi connectivity index (χ3v) is 4.60. The predicted molar refractivity (Wildman–Crippen MR) is 76.0 cm³/mol. The Balaban J connectivity index is 2.25. The lowest BCUT2D eigenvalue weighted by molar-refractivity contribution is -0.128. The second-order valence-electron chi connectivity index (χ2n) is 6.13. The highest BCUT2D eigenvalue weighted by Gasteiger charge is 2.38. The van der Waals surface area contributed by atoms with Gasteiger partial charge in [0.15, 0.2) is 0 Å². The molecule has 1 aliphatic rings. The molecule has 0 amide bonds. The van der Waals surface area contributed by atoms with E-state index in [4.69, 9.17) is 11.6 Å². The molecule has 2 unspecified atom stereocenters. The van der Waals surface area contributed by atoms with Gasteiger partial charge in [-0.25, -0.2) is 0 Å². The minimum Gasteiger partial charge on any atom is -0.299 e. The van der Waals surface area contributed by atoms with Gasteiger partial charge in [0, 0.05) is 17.4 Å². The molecule has 0 spiro atoms. The molecule has 0 aliphatic heterocycles. The molecule has 0 radical (unpaired) electrons. The first-order valence-electron chi connectivity index (χ1n) is 6.70. The number of carbonyl (C=O) groups excluding carboxylic acids is 1. The lowest BCUT2D eigenvalue weighted by atomic mass is 9.65. The fourth-order valence-corrected chi connectivity index (χ4v) is 3.17. The van der Waals surface area contributed by atoms with Crippen LogP contribution >= 0.6 is 11.6 Å². The number of ketones is 1. The van der Waals surface area contributed by atoms with Crippen LogP contribution in [-0.2, 0) is 10.2 Å². The molecule has 2 rings (SSSR count). The fourth-order valence-electron chi connectivity index (χ4n) is 3.04. The highest BCUT2D eigenvalue weighted by atomic mass is 35.5. The molecule has 1 aliphatic carbocycles. The Morgan fingerprint density at radius 3 is 2.33 bits per heavy atom. The Morgan fingerprint density at radius 2 is 1.78 bits per heavy atom. The van der Waals surface area contributed by atoms with Crippen LogP contribution < -0.4 is 0 Å². The van der Waals surface area contributed by atoms with E-state index in [9.17, 15) is 4.79 Å². The SMILES string of the molecule is CC1CCC(C(C)(C)c2ccc(Cl)cc2)C(=O)C1. The van der Waals surface area contributed by atoms with Crippen LogP contribution in [0.4, 0.5) is 0 Å². The lowest BCUT2D eigenvalue weighted by Crippen LogP contribution is -2.38. The summed E-state index contributed by atoms with van der Waals surface area (Å²) < 4.78 is 0. The number of hydrogen-bond donors (Lipinski definition) is 0. The highest BCUT2D eigenvalue weighted by Crippen LogP contribution is 2.40. The fraction of sp³-hybridized carbons (Fsp3) is 0.562. The molecule has 18 heavy (non-hydrogen) atoms. The molecule has 0 saturated heterocycles. The molecule has 0 aromatic heterocycles. The van der Waals surface area contributed by atoms with E-state index in [-0.39, 0.29) is 11.3 Å². The summed E-state index contributed by atoms with van der Waals surface area (Å²) in [5, 5.41) is 0.748. The number of hydrogen-bond acceptors (Lipinski definition) is 1. The van der Waals surface area contributed by atoms with Gasteiger partial charge < -0.3 is 0 Å². The average molecular weight is 265 g/mol. The van der Waals surface area contributed by atoms with Crippen LogP contribution in [0.5, 0.6) is 0 Å². The van der Waals surface area contributed by atoms with Gasteiger partial charge in [-0.1, -0.05) is 44.5 Å². The van der Waals surface area contributed by atoms with Crippen molar-refractivity contribution in [1.82, 2.24) is 0 Å². The van der Waals surface area contributed by atoms with Crippen molar-refractivity contribution in [1.29, 1.82) is 0 Å². The van der Waals surface area contributed by atoms with Gasteiger partial charge in [0.1, 0.15) is 5.78 Å². The van der Waals surface area contributed by atoms with Crippen molar-refractivity contribution in [3.63, 3.8) is 0 Å². The second-order valence-corrected chi connectivity index (χ2v) is 6.57. The number of carbonyl (C=O) groups is 1. The Kier molecular flexibility index (Phi) is 3.82. The zero-order valence-electron chi connectivity index (χ0n) is 11.4. The predicted octanol–water partition coefficient (Wildman–Crippen LogP) is 4.62. The molecule has 1 fully saturated rings. The molecular formula is C16H21ClO. The average Bonchev–Trinajstić information content (AvgIpc) is 2.29. The van der Waals surface area contributed by atoms with E-state index in [1.165, 1.54) is 5.56 Å². The molecule has 0 N–H and O–H groups in total. The molecule has 1 saturated carbocycles. The van der Waals surface area contributed by atoms with Crippen molar-refractivity contribution in [3.05, 3.63) is 34.9 Å². The summed E-state index contributed by atoms with van der Waals surface area (Å²) in [5.41, 5.74) is 1.11. The zero-order valence-corrected chi connectivity index (χ0v) is 12.1. The van der Waals surface area contributed by atoms with Gasteiger partial charge in [-0.15, -0.1) is 0 Å². The van der Waals surface area contributed by atoms with Crippen molar-refractivity contribution < 1.29 is 4.79 Å². The Morgan fingerprint density at radius 1 is 1.17 bits per heavy atom. The van der Waals surface area contributed by atoms with E-state index >= 15 is 0 Å². The van der Waals surface area contributed by atoms with Gasteiger partial charge in [-0.2, -0.15) is 0 Å². The third-order valence-electron chi connectivity index (χ3n) is 4.35. The van der Waals surface area contributed by atoms with Gasteiger partial charge in [0.2, 0.25) is 0 Å². The summed E-state index contributed by atoms with van der Waals surface area (Å²) in [4.78, 5) is 12.3. The number of benzene rings is 1. The Bertz CT molecular complexity index is 433. The summed E-state index contributed by atoms with van der Waals surface area (Å²) in [6.45, 7) is 6.52. The molecule has 2 heteroatoms. The minimum absolute atomic E-state index is 0.0954. The molecular weight excluding hydrogens is 244 g/mol. The molecule has 1 aromatic carbocycles. The van der Waals surface area contributed by atoms with Gasteiger partial charge in [0.25, 0.3) is 0 Å². The summed E-state index contributed by atoms with van der Waals surface area (Å²) >= 11 is 5.93. The minimum atomic E-state index is -0.0954. The molecule has 98 valence electrons. The standard InChI is InChI=1S/C16H21ClO/c1-11-4-9-14(15(18)10-11)16(2,3)12-5-7-13(17)8-6-12/h5-8,11,14H,4,9-10H2,1-3H3. The van der Waals surface area contributed by atoms with Crippen LogP contribution in [0.15, 0.2) is 24.3 Å². The maximum Gasteiger partial charge on any atom is 0.137 e. The maximum absolute atomic E-state index is 12.3. The van der Waals surface area contributed by atoms with Crippen LogP contribution in [0.2, 0.25) is 5.02 Å². The monoisotopic (exact) mass is 264 g/mol. The largest absolute Gasteiger partial charge is 0.299 e. The summed E-state index contributed by atoms with van der Waals surface area (Å²) in [7, 11) is 0. The van der Waals surface area contributed by atoms with Gasteiger partial charge in [0.05, 0.1) is 0 Å². The van der Waals surface area contributed by atoms with Gasteiger partial charge in [-0.05, 0) is 41.9 Å². The van der Waals surface area contributed by atoms with E-state index in [0.717, 1.165) is 24.3 Å². The Hall–Kier alpha value is -0.820. The van der Waals surface area contributed by atoms with Crippen molar-refractivity contribution in [2.24, 2.45) is 11.8 Å². The number of halogens is 1. The first-order valence-corrected chi connectivity index (χ1v) is 7.08. The Labute approximate surface area is 115 Å². The van der Waals surface area contributed by atoms with E-state index in [1.54, 1.807) is 0 Å². The van der Waals surface area contributed by atoms with Crippen molar-refractivity contribution in [3.8, 4) is 0 Å². The summed E-state index contributed by atoms with van der Waals surface area (Å²) in [6, 6.07) is 7.92. The van der Waals surface area contributed by atoms with Crippen molar-refractivity contribution in [2.45, 2.75) is 45.4 Å². The zero-order chi connectivity index (χ0) is 13.3. The number of Topliss-reactive ketones (excluding diaryl/α,β-unsaturated/α-hetero) is 1. The molecule has 2 atom stereocenters. The molecule has 0 heterocycles. The van der Waals surface area contributed by atoms with Crippen molar-refractivity contribution in [2.75, 3.05) is 0 Å². The van der Waals surface area contributed by atoms with Gasteiger partial charge >= 0.3 is 0 Å². The van der Waals surface area contributed by atoms with Crippen LogP contribution in [0.25, 0.3) is 0 Å². The lowest BCUT2D eigenvalue weighted by Gasteiger charge is -2.38. The van der Waals surface area contributed by atoms with E-state index in [0.29, 0.717) is 11.7 Å². The van der Waals surface area contributed by atoms with Crippen LogP contribution in [0, 0.1) is 11.8 Å². The summed E-state index contributed by atoms with van der Waals surface area (Å²) in [6.07, 6.45) is 2.91. The van der Waals surface area contributed by atoms with Crippen molar-refractivity contribution >= 4 is 17.4 Å². The smallest absolute Gasteiger partial charge is 0.137 e. The first kappa shape index (κ1) is 13.6. The first-order chi connectivity index (χ1) is 8.41. The summed E-state index contributed by atoms with van der Waals surface area (Å²) in [5.74, 6) is 1.12. The van der Waals surface area contributed by atoms with E-state index in [1.807, 2.05) is 24.3 Å². The van der Waals surface area contributed by atoms with Crippen LogP contribution in [0.3, 0.4) is 0 Å². The molecule has 0 bridgehead atoms. The normalized spacial score (nSPS) is 25.2. The van der Waals surface area contributed by atoms with Crippen LogP contribution in [0.1, 0.15) is 45.6 Å². The topological polar surface area (TPSA) is 17.1 Å². The quantitative estimate of drug-likeness (QED) is 0.762. The van der Waals surface area contributed by atoms with Crippen LogP contribution in [-0.4, -0.2) is 5.78 Å². The van der Waals surface area contributed by atoms with Gasteiger partial charge in [-0.3, -0.25) is 4.79 Å². The highest BCUT2D eigenvalue weighted by molar-refractivity contribution is 6.30. The maximum atomic E-state index is 12.3.